The molecule has 0 radical (unpaired) electrons. The van der Waals surface area contributed by atoms with E-state index in [1.165, 1.54) is 23.9 Å². The first-order valence-corrected chi connectivity index (χ1v) is 6.51. The molecule has 0 aromatic heterocycles. The van der Waals surface area contributed by atoms with Gasteiger partial charge in [0.05, 0.1) is 9.95 Å². The van der Waals surface area contributed by atoms with Gasteiger partial charge in [-0.05, 0) is 30.3 Å². The van der Waals surface area contributed by atoms with E-state index in [2.05, 4.69) is 0 Å². The fraction of sp³-hybridized carbons (Fsp3) is 0. The molecule has 0 heterocycles. The molecule has 92 valence electrons. The van der Waals surface area contributed by atoms with E-state index in [-0.39, 0.29) is 5.69 Å². The maximum atomic E-state index is 10.5. The van der Waals surface area contributed by atoms with Crippen LogP contribution in [-0.4, -0.2) is 4.92 Å². The van der Waals surface area contributed by atoms with Gasteiger partial charge in [0.2, 0.25) is 0 Å². The molecule has 0 saturated carbocycles. The Labute approximate surface area is 118 Å². The summed E-state index contributed by atoms with van der Waals surface area (Å²) in [5.74, 6) is 0. The van der Waals surface area contributed by atoms with Gasteiger partial charge in [-0.3, -0.25) is 10.1 Å². The Morgan fingerprint density at radius 1 is 1.06 bits per heavy atom. The van der Waals surface area contributed by atoms with E-state index in [0.717, 1.165) is 9.79 Å². The van der Waals surface area contributed by atoms with Crippen LogP contribution in [0.2, 0.25) is 10.0 Å². The minimum absolute atomic E-state index is 0.0709. The molecular formula is C12H7Cl2NO2S. The summed E-state index contributed by atoms with van der Waals surface area (Å²) >= 11 is 13.3. The lowest BCUT2D eigenvalue weighted by Gasteiger charge is -2.04. The van der Waals surface area contributed by atoms with Crippen LogP contribution in [0.1, 0.15) is 0 Å². The third kappa shape index (κ3) is 3.16. The molecule has 0 amide bonds. The van der Waals surface area contributed by atoms with Crippen molar-refractivity contribution in [3.8, 4) is 0 Å². The molecular weight excluding hydrogens is 293 g/mol. The van der Waals surface area contributed by atoms with E-state index in [1.54, 1.807) is 24.3 Å². The van der Waals surface area contributed by atoms with Crippen molar-refractivity contribution in [3.63, 3.8) is 0 Å². The molecule has 2 aromatic rings. The van der Waals surface area contributed by atoms with E-state index in [4.69, 9.17) is 23.2 Å². The van der Waals surface area contributed by atoms with Gasteiger partial charge in [-0.15, -0.1) is 0 Å². The van der Waals surface area contributed by atoms with Crippen molar-refractivity contribution in [2.75, 3.05) is 0 Å². The summed E-state index contributed by atoms with van der Waals surface area (Å²) in [6.45, 7) is 0. The number of hydrogen-bond acceptors (Lipinski definition) is 3. The van der Waals surface area contributed by atoms with Crippen LogP contribution >= 0.6 is 35.0 Å². The maximum absolute atomic E-state index is 10.5. The zero-order valence-corrected chi connectivity index (χ0v) is 11.3. The number of hydrogen-bond donors (Lipinski definition) is 0. The number of benzene rings is 2. The van der Waals surface area contributed by atoms with Crippen LogP contribution in [0.15, 0.2) is 52.3 Å². The van der Waals surface area contributed by atoms with Gasteiger partial charge in [0, 0.05) is 26.9 Å². The van der Waals surface area contributed by atoms with Crippen LogP contribution < -0.4 is 0 Å². The molecule has 2 aromatic carbocycles. The summed E-state index contributed by atoms with van der Waals surface area (Å²) in [5.41, 5.74) is 0.0709. The fourth-order valence-corrected chi connectivity index (χ4v) is 2.66. The number of rotatable bonds is 3. The van der Waals surface area contributed by atoms with Crippen LogP contribution in [0.5, 0.6) is 0 Å². The Bertz CT molecular complexity index is 587. The Balaban J connectivity index is 2.21. The summed E-state index contributed by atoms with van der Waals surface area (Å²) in [4.78, 5) is 11.8. The normalized spacial score (nSPS) is 10.3. The highest BCUT2D eigenvalue weighted by atomic mass is 35.5. The van der Waals surface area contributed by atoms with Gasteiger partial charge >= 0.3 is 0 Å². The van der Waals surface area contributed by atoms with E-state index in [1.807, 2.05) is 6.07 Å². The van der Waals surface area contributed by atoms with Crippen molar-refractivity contribution >= 4 is 40.7 Å². The lowest BCUT2D eigenvalue weighted by atomic mass is 10.3. The molecule has 0 spiro atoms. The largest absolute Gasteiger partial charge is 0.269 e. The monoisotopic (exact) mass is 299 g/mol. The zero-order valence-electron chi connectivity index (χ0n) is 8.97. The van der Waals surface area contributed by atoms with Crippen LogP contribution in [0.25, 0.3) is 0 Å². The van der Waals surface area contributed by atoms with Gasteiger partial charge in [0.1, 0.15) is 0 Å². The predicted molar refractivity (Wildman–Crippen MR) is 73.7 cm³/mol. The number of non-ortho nitro benzene ring substituents is 1. The fourth-order valence-electron chi connectivity index (χ4n) is 1.32. The molecule has 3 nitrogen and oxygen atoms in total. The van der Waals surface area contributed by atoms with Crippen molar-refractivity contribution in [3.05, 3.63) is 62.6 Å². The SMILES string of the molecule is O=[N+]([O-])c1ccc(Sc2ccc(Cl)cc2Cl)cc1. The van der Waals surface area contributed by atoms with E-state index < -0.39 is 4.92 Å². The van der Waals surface area contributed by atoms with Crippen molar-refractivity contribution < 1.29 is 4.92 Å². The molecule has 2 rings (SSSR count). The van der Waals surface area contributed by atoms with Gasteiger partial charge in [0.15, 0.2) is 0 Å². The minimum atomic E-state index is -0.427. The van der Waals surface area contributed by atoms with E-state index in [0.29, 0.717) is 10.0 Å². The van der Waals surface area contributed by atoms with Crippen molar-refractivity contribution in [1.29, 1.82) is 0 Å². The topological polar surface area (TPSA) is 43.1 Å². The second kappa shape index (κ2) is 5.61. The third-order valence-electron chi connectivity index (χ3n) is 2.17. The summed E-state index contributed by atoms with van der Waals surface area (Å²) in [6, 6.07) is 11.5. The molecule has 0 atom stereocenters. The van der Waals surface area contributed by atoms with Gasteiger partial charge in [0.25, 0.3) is 5.69 Å². The highest BCUT2D eigenvalue weighted by molar-refractivity contribution is 7.99. The first-order chi connectivity index (χ1) is 8.56. The van der Waals surface area contributed by atoms with Crippen LogP contribution in [0.3, 0.4) is 0 Å². The Kier molecular flexibility index (Phi) is 4.11. The number of nitro benzene ring substituents is 1. The van der Waals surface area contributed by atoms with Gasteiger partial charge in [-0.2, -0.15) is 0 Å². The lowest BCUT2D eigenvalue weighted by molar-refractivity contribution is -0.384. The van der Waals surface area contributed by atoms with Crippen molar-refractivity contribution in [1.82, 2.24) is 0 Å². The van der Waals surface area contributed by atoms with Crippen LogP contribution in [0, 0.1) is 10.1 Å². The molecule has 0 fully saturated rings. The molecule has 0 N–H and O–H groups in total. The summed E-state index contributed by atoms with van der Waals surface area (Å²) in [6.07, 6.45) is 0. The molecule has 0 aliphatic heterocycles. The first-order valence-electron chi connectivity index (χ1n) is 4.93. The number of nitrogens with zero attached hydrogens (tertiary/aromatic N) is 1. The molecule has 0 aliphatic carbocycles. The molecule has 18 heavy (non-hydrogen) atoms. The maximum Gasteiger partial charge on any atom is 0.269 e. The van der Waals surface area contributed by atoms with Gasteiger partial charge < -0.3 is 0 Å². The highest BCUT2D eigenvalue weighted by Gasteiger charge is 2.07. The summed E-state index contributed by atoms with van der Waals surface area (Å²) < 4.78 is 0. The highest BCUT2D eigenvalue weighted by Crippen LogP contribution is 2.35. The Morgan fingerprint density at radius 2 is 1.72 bits per heavy atom. The second-order valence-electron chi connectivity index (χ2n) is 3.43. The smallest absolute Gasteiger partial charge is 0.258 e. The molecule has 0 bridgehead atoms. The second-order valence-corrected chi connectivity index (χ2v) is 5.39. The third-order valence-corrected chi connectivity index (χ3v) is 3.91. The standard InChI is InChI=1S/C12H7Cl2NO2S/c13-8-1-6-12(11(14)7-8)18-10-4-2-9(3-5-10)15(16)17/h1-7H. The zero-order chi connectivity index (χ0) is 13.1. The van der Waals surface area contributed by atoms with Crippen LogP contribution in [0.4, 0.5) is 5.69 Å². The molecule has 6 heteroatoms. The summed E-state index contributed by atoms with van der Waals surface area (Å²) in [5, 5.41) is 11.7. The average Bonchev–Trinajstić information content (AvgIpc) is 2.33. The minimum Gasteiger partial charge on any atom is -0.258 e. The van der Waals surface area contributed by atoms with E-state index in [9.17, 15) is 10.1 Å². The van der Waals surface area contributed by atoms with Crippen molar-refractivity contribution in [2.24, 2.45) is 0 Å². The average molecular weight is 300 g/mol. The van der Waals surface area contributed by atoms with E-state index >= 15 is 0 Å². The van der Waals surface area contributed by atoms with Gasteiger partial charge in [-0.25, -0.2) is 0 Å². The Morgan fingerprint density at radius 3 is 2.28 bits per heavy atom. The Hall–Kier alpha value is -1.23. The lowest BCUT2D eigenvalue weighted by Crippen LogP contribution is -1.86. The molecule has 0 aliphatic rings. The number of halogens is 2. The van der Waals surface area contributed by atoms with Gasteiger partial charge in [-0.1, -0.05) is 35.0 Å². The summed E-state index contributed by atoms with van der Waals surface area (Å²) in [7, 11) is 0. The quantitative estimate of drug-likeness (QED) is 0.588. The predicted octanol–water partition coefficient (Wildman–Crippen LogP) is 5.05. The first kappa shape index (κ1) is 13.2. The molecule has 0 unspecified atom stereocenters. The molecule has 0 saturated heterocycles. The number of nitro groups is 1. The van der Waals surface area contributed by atoms with Crippen LogP contribution in [-0.2, 0) is 0 Å². The van der Waals surface area contributed by atoms with Crippen molar-refractivity contribution in [2.45, 2.75) is 9.79 Å².